The first-order valence-corrected chi connectivity index (χ1v) is 10.1. The number of benzene rings is 2. The van der Waals surface area contributed by atoms with Gasteiger partial charge in [0.05, 0.1) is 19.1 Å². The largest absolute Gasteiger partial charge is 0.350 e. The lowest BCUT2D eigenvalue weighted by Gasteiger charge is -2.25. The highest BCUT2D eigenvalue weighted by Gasteiger charge is 2.28. The number of rotatable bonds is 8. The number of hydrogen-bond acceptors (Lipinski definition) is 4. The van der Waals surface area contributed by atoms with E-state index >= 15 is 0 Å². The number of likely N-dealkylation sites (N-methyl/N-ethyl adjacent to an activating group) is 1. The molecule has 7 nitrogen and oxygen atoms in total. The van der Waals surface area contributed by atoms with Gasteiger partial charge in [-0.25, -0.2) is 4.79 Å². The Morgan fingerprint density at radius 1 is 1.13 bits per heavy atom. The van der Waals surface area contributed by atoms with Gasteiger partial charge in [-0.3, -0.25) is 14.5 Å². The van der Waals surface area contributed by atoms with E-state index in [-0.39, 0.29) is 30.9 Å². The van der Waals surface area contributed by atoms with Crippen molar-refractivity contribution >= 4 is 17.8 Å². The third kappa shape index (κ3) is 5.04. The molecule has 2 aromatic rings. The van der Waals surface area contributed by atoms with Crippen LogP contribution in [0.25, 0.3) is 0 Å². The third-order valence-electron chi connectivity index (χ3n) is 5.32. The molecule has 30 heavy (non-hydrogen) atoms. The molecule has 0 saturated carbocycles. The fraction of sp³-hybridized carbons (Fsp3) is 0.348. The van der Waals surface area contributed by atoms with Crippen LogP contribution in [0.1, 0.15) is 40.0 Å². The number of urea groups is 1. The molecule has 1 atom stereocenters. The predicted molar refractivity (Wildman–Crippen MR) is 115 cm³/mol. The topological polar surface area (TPSA) is 81.8 Å². The highest BCUT2D eigenvalue weighted by atomic mass is 16.2. The molecule has 1 fully saturated rings. The van der Waals surface area contributed by atoms with Crippen LogP contribution in [0.15, 0.2) is 48.5 Å². The number of carbonyl (C=O) groups is 3. The summed E-state index contributed by atoms with van der Waals surface area (Å²) in [6.45, 7) is 2.76. The summed E-state index contributed by atoms with van der Waals surface area (Å²) < 4.78 is 0. The maximum Gasteiger partial charge on any atom is 0.324 e. The van der Waals surface area contributed by atoms with E-state index < -0.39 is 6.03 Å². The molecule has 158 valence electrons. The molecule has 0 bridgehead atoms. The number of aryl methyl sites for hydroxylation is 1. The molecule has 1 aliphatic rings. The molecule has 7 heteroatoms. The predicted octanol–water partition coefficient (Wildman–Crippen LogP) is 2.33. The number of amides is 4. The van der Waals surface area contributed by atoms with Crippen LogP contribution in [0.3, 0.4) is 0 Å². The molecular formula is C23H28N4O3. The fourth-order valence-electron chi connectivity index (χ4n) is 3.47. The van der Waals surface area contributed by atoms with E-state index in [2.05, 4.69) is 46.7 Å². The first-order chi connectivity index (χ1) is 14.4. The van der Waals surface area contributed by atoms with Gasteiger partial charge in [-0.05, 0) is 49.3 Å². The summed E-state index contributed by atoms with van der Waals surface area (Å²) in [4.78, 5) is 39.5. The minimum absolute atomic E-state index is 0.0180. The molecule has 0 spiro atoms. The molecule has 0 radical (unpaired) electrons. The van der Waals surface area contributed by atoms with Gasteiger partial charge < -0.3 is 15.5 Å². The van der Waals surface area contributed by atoms with Gasteiger partial charge in [0, 0.05) is 12.1 Å². The molecule has 1 saturated heterocycles. The molecule has 0 aliphatic carbocycles. The second-order valence-corrected chi connectivity index (χ2v) is 7.62. The minimum Gasteiger partial charge on any atom is -0.350 e. The zero-order valence-electron chi connectivity index (χ0n) is 17.6. The van der Waals surface area contributed by atoms with Gasteiger partial charge in [0.2, 0.25) is 5.91 Å². The van der Waals surface area contributed by atoms with Crippen molar-refractivity contribution in [3.05, 3.63) is 70.8 Å². The van der Waals surface area contributed by atoms with Gasteiger partial charge in [-0.15, -0.1) is 0 Å². The van der Waals surface area contributed by atoms with E-state index in [4.69, 9.17) is 0 Å². The zero-order valence-corrected chi connectivity index (χ0v) is 17.6. The van der Waals surface area contributed by atoms with Gasteiger partial charge in [0.25, 0.3) is 5.91 Å². The number of carbonyl (C=O) groups excluding carboxylic acids is 3. The van der Waals surface area contributed by atoms with Gasteiger partial charge in [0.15, 0.2) is 0 Å². The first kappa shape index (κ1) is 21.5. The monoisotopic (exact) mass is 408 g/mol. The number of imide groups is 1. The zero-order chi connectivity index (χ0) is 21.7. The van der Waals surface area contributed by atoms with Gasteiger partial charge in [-0.1, -0.05) is 43.3 Å². The van der Waals surface area contributed by atoms with Gasteiger partial charge in [-0.2, -0.15) is 0 Å². The van der Waals surface area contributed by atoms with E-state index in [0.29, 0.717) is 12.1 Å². The average Bonchev–Trinajstić information content (AvgIpc) is 3.06. The van der Waals surface area contributed by atoms with Crippen LogP contribution >= 0.6 is 0 Å². The molecule has 1 heterocycles. The standard InChI is InChI=1S/C23H28N4O3/c1-4-16-8-10-18(11-9-16)20(26(2)3)13-24-22(29)19-7-5-6-17(12-19)15-27-21(28)14-25-23(27)30/h5-12,20H,4,13-15H2,1-3H3,(H,24,29)(H,25,30). The van der Waals surface area contributed by atoms with E-state index in [9.17, 15) is 14.4 Å². The van der Waals surface area contributed by atoms with Crippen LogP contribution in [-0.2, 0) is 17.8 Å². The maximum atomic E-state index is 12.7. The van der Waals surface area contributed by atoms with E-state index in [1.807, 2.05) is 14.1 Å². The molecule has 1 aliphatic heterocycles. The van der Waals surface area contributed by atoms with Crippen LogP contribution in [-0.4, -0.2) is 54.8 Å². The number of hydrogen-bond donors (Lipinski definition) is 2. The Morgan fingerprint density at radius 3 is 2.47 bits per heavy atom. The Hall–Kier alpha value is -3.19. The summed E-state index contributed by atoms with van der Waals surface area (Å²) in [6, 6.07) is 15.1. The smallest absolute Gasteiger partial charge is 0.324 e. The van der Waals surface area contributed by atoms with Crippen LogP contribution in [0.2, 0.25) is 0 Å². The summed E-state index contributed by atoms with van der Waals surface area (Å²) in [7, 11) is 3.98. The molecule has 3 rings (SSSR count). The van der Waals surface area contributed by atoms with Crippen molar-refractivity contribution < 1.29 is 14.4 Å². The highest BCUT2D eigenvalue weighted by Crippen LogP contribution is 2.19. The molecule has 1 unspecified atom stereocenters. The van der Waals surface area contributed by atoms with E-state index in [1.165, 1.54) is 5.56 Å². The van der Waals surface area contributed by atoms with Crippen molar-refractivity contribution in [2.24, 2.45) is 0 Å². The Kier molecular flexibility index (Phi) is 6.84. The van der Waals surface area contributed by atoms with Crippen molar-refractivity contribution in [2.75, 3.05) is 27.2 Å². The normalized spacial score (nSPS) is 14.7. The Bertz CT molecular complexity index is 908. The van der Waals surface area contributed by atoms with Gasteiger partial charge >= 0.3 is 6.03 Å². The second kappa shape index (κ2) is 9.54. The summed E-state index contributed by atoms with van der Waals surface area (Å²) in [6.07, 6.45) is 0.991. The molecule has 4 amide bonds. The van der Waals surface area contributed by atoms with Crippen molar-refractivity contribution in [1.29, 1.82) is 0 Å². The highest BCUT2D eigenvalue weighted by molar-refractivity contribution is 6.02. The van der Waals surface area contributed by atoms with E-state index in [1.54, 1.807) is 24.3 Å². The summed E-state index contributed by atoms with van der Waals surface area (Å²) in [5.74, 6) is -0.455. The van der Waals surface area contributed by atoms with Crippen molar-refractivity contribution in [3.8, 4) is 0 Å². The third-order valence-corrected chi connectivity index (χ3v) is 5.32. The average molecular weight is 409 g/mol. The summed E-state index contributed by atoms with van der Waals surface area (Å²) in [5, 5.41) is 5.50. The number of nitrogens with zero attached hydrogens (tertiary/aromatic N) is 2. The first-order valence-electron chi connectivity index (χ1n) is 10.1. The van der Waals surface area contributed by atoms with Crippen molar-refractivity contribution in [2.45, 2.75) is 25.9 Å². The lowest BCUT2D eigenvalue weighted by atomic mass is 10.0. The molecule has 0 aromatic heterocycles. The molecular weight excluding hydrogens is 380 g/mol. The van der Waals surface area contributed by atoms with Crippen LogP contribution in [0.5, 0.6) is 0 Å². The van der Waals surface area contributed by atoms with Gasteiger partial charge in [0.1, 0.15) is 0 Å². The second-order valence-electron chi connectivity index (χ2n) is 7.62. The van der Waals surface area contributed by atoms with Crippen molar-refractivity contribution in [3.63, 3.8) is 0 Å². The SMILES string of the molecule is CCc1ccc(C(CNC(=O)c2cccc(CN3C(=O)CNC3=O)c2)N(C)C)cc1. The molecule has 2 aromatic carbocycles. The molecule has 2 N–H and O–H groups in total. The Morgan fingerprint density at radius 2 is 1.87 bits per heavy atom. The maximum absolute atomic E-state index is 12.7. The van der Waals surface area contributed by atoms with Crippen LogP contribution < -0.4 is 10.6 Å². The Balaban J connectivity index is 1.65. The summed E-state index contributed by atoms with van der Waals surface area (Å²) in [5.41, 5.74) is 3.65. The number of nitrogens with one attached hydrogen (secondary N) is 2. The van der Waals surface area contributed by atoms with Crippen LogP contribution in [0.4, 0.5) is 4.79 Å². The lowest BCUT2D eigenvalue weighted by molar-refractivity contribution is -0.125. The van der Waals surface area contributed by atoms with E-state index in [0.717, 1.165) is 22.4 Å². The fourth-order valence-corrected chi connectivity index (χ4v) is 3.47. The summed E-state index contributed by atoms with van der Waals surface area (Å²) >= 11 is 0. The Labute approximate surface area is 177 Å². The van der Waals surface area contributed by atoms with Crippen molar-refractivity contribution in [1.82, 2.24) is 20.4 Å². The minimum atomic E-state index is -0.405. The van der Waals surface area contributed by atoms with Crippen LogP contribution in [0, 0.1) is 0 Å². The lowest BCUT2D eigenvalue weighted by Crippen LogP contribution is -2.34. The quantitative estimate of drug-likeness (QED) is 0.657.